The fourth-order valence-corrected chi connectivity index (χ4v) is 4.89. The van der Waals surface area contributed by atoms with E-state index < -0.39 is 5.25 Å². The second-order valence-electron chi connectivity index (χ2n) is 8.35. The molecule has 2 amide bonds. The minimum Gasteiger partial charge on any atom is -0.382 e. The van der Waals surface area contributed by atoms with E-state index in [1.807, 2.05) is 71.0 Å². The first-order valence-corrected chi connectivity index (χ1v) is 12.3. The van der Waals surface area contributed by atoms with Crippen molar-refractivity contribution < 1.29 is 14.3 Å². The molecular formula is C26H33N3O3S. The Bertz CT molecular complexity index is 1030. The van der Waals surface area contributed by atoms with E-state index >= 15 is 0 Å². The number of anilines is 1. The summed E-state index contributed by atoms with van der Waals surface area (Å²) in [6, 6.07) is 12.0. The predicted octanol–water partition coefficient (Wildman–Crippen LogP) is 5.31. The number of amides is 2. The SMILES string of the molecule is CCOCCCN1C(=O)C(CC(=O)Nc2c(C)cccc2C)SC1=Nc1cc(C)ccc1C. The number of nitrogens with zero attached hydrogens (tertiary/aromatic N) is 2. The van der Waals surface area contributed by atoms with E-state index in [2.05, 4.69) is 5.32 Å². The number of hydrogen-bond donors (Lipinski definition) is 1. The topological polar surface area (TPSA) is 71.0 Å². The van der Waals surface area contributed by atoms with Crippen LogP contribution in [0.2, 0.25) is 0 Å². The fraction of sp³-hybridized carbons (Fsp3) is 0.423. The number of para-hydroxylation sites is 1. The number of rotatable bonds is 9. The lowest BCUT2D eigenvalue weighted by molar-refractivity contribution is -0.128. The van der Waals surface area contributed by atoms with Crippen LogP contribution >= 0.6 is 11.8 Å². The summed E-state index contributed by atoms with van der Waals surface area (Å²) >= 11 is 1.37. The maximum absolute atomic E-state index is 13.2. The van der Waals surface area contributed by atoms with Gasteiger partial charge in [-0.1, -0.05) is 42.1 Å². The zero-order chi connectivity index (χ0) is 24.0. The molecule has 2 aromatic rings. The lowest BCUT2D eigenvalue weighted by Crippen LogP contribution is -2.34. The first-order valence-electron chi connectivity index (χ1n) is 11.4. The van der Waals surface area contributed by atoms with Gasteiger partial charge >= 0.3 is 0 Å². The summed E-state index contributed by atoms with van der Waals surface area (Å²) in [6.07, 6.45) is 0.818. The number of aryl methyl sites for hydroxylation is 4. The molecule has 0 radical (unpaired) electrons. The third-order valence-electron chi connectivity index (χ3n) is 5.59. The summed E-state index contributed by atoms with van der Waals surface area (Å²) in [5, 5.41) is 3.15. The van der Waals surface area contributed by atoms with Gasteiger partial charge in [0.1, 0.15) is 5.25 Å². The second kappa shape index (κ2) is 11.5. The highest BCUT2D eigenvalue weighted by molar-refractivity contribution is 8.15. The second-order valence-corrected chi connectivity index (χ2v) is 9.52. The van der Waals surface area contributed by atoms with Gasteiger partial charge in [0.25, 0.3) is 0 Å². The summed E-state index contributed by atoms with van der Waals surface area (Å²) in [7, 11) is 0. The van der Waals surface area contributed by atoms with E-state index in [4.69, 9.17) is 9.73 Å². The highest BCUT2D eigenvalue weighted by Gasteiger charge is 2.39. The van der Waals surface area contributed by atoms with Crippen molar-refractivity contribution in [2.24, 2.45) is 4.99 Å². The number of thioether (sulfide) groups is 1. The minimum atomic E-state index is -0.495. The largest absolute Gasteiger partial charge is 0.382 e. The fourth-order valence-electron chi connectivity index (χ4n) is 3.71. The molecule has 0 spiro atoms. The number of aliphatic imine (C=N–C) groups is 1. The zero-order valence-corrected chi connectivity index (χ0v) is 20.9. The van der Waals surface area contributed by atoms with Crippen molar-refractivity contribution in [1.82, 2.24) is 4.90 Å². The maximum atomic E-state index is 13.2. The molecule has 33 heavy (non-hydrogen) atoms. The van der Waals surface area contributed by atoms with E-state index in [1.165, 1.54) is 11.8 Å². The molecule has 1 N–H and O–H groups in total. The number of carbonyl (C=O) groups excluding carboxylic acids is 2. The first kappa shape index (κ1) is 25.0. The van der Waals surface area contributed by atoms with Gasteiger partial charge in [0, 0.05) is 31.9 Å². The van der Waals surface area contributed by atoms with Gasteiger partial charge in [-0.05, 0) is 69.4 Å². The third kappa shape index (κ3) is 6.45. The lowest BCUT2D eigenvalue weighted by Gasteiger charge is -2.17. The predicted molar refractivity (Wildman–Crippen MR) is 136 cm³/mol. The van der Waals surface area contributed by atoms with Gasteiger partial charge in [-0.25, -0.2) is 4.99 Å². The molecule has 0 bridgehead atoms. The van der Waals surface area contributed by atoms with Crippen LogP contribution < -0.4 is 5.32 Å². The van der Waals surface area contributed by atoms with Gasteiger partial charge in [0.05, 0.1) is 5.69 Å². The lowest BCUT2D eigenvalue weighted by atomic mass is 10.1. The molecule has 176 valence electrons. The standard InChI is InChI=1S/C26H33N3O3S/c1-6-32-14-8-13-29-25(31)22(16-23(30)28-24-19(4)9-7-10-20(24)5)33-26(29)27-21-15-17(2)11-12-18(21)3/h7,9-12,15,22H,6,8,13-14,16H2,1-5H3,(H,28,30). The molecule has 0 saturated carbocycles. The Hall–Kier alpha value is -2.64. The molecule has 1 aliphatic rings. The van der Waals surface area contributed by atoms with Crippen LogP contribution in [0.25, 0.3) is 0 Å². The average molecular weight is 468 g/mol. The molecule has 1 heterocycles. The summed E-state index contributed by atoms with van der Waals surface area (Å²) in [5.41, 5.74) is 5.83. The Balaban J connectivity index is 1.78. The highest BCUT2D eigenvalue weighted by Crippen LogP contribution is 2.33. The van der Waals surface area contributed by atoms with Gasteiger partial charge in [0.15, 0.2) is 5.17 Å². The monoisotopic (exact) mass is 467 g/mol. The maximum Gasteiger partial charge on any atom is 0.242 e. The van der Waals surface area contributed by atoms with Gasteiger partial charge in [-0.3, -0.25) is 14.5 Å². The summed E-state index contributed by atoms with van der Waals surface area (Å²) in [4.78, 5) is 32.6. The molecule has 2 aromatic carbocycles. The Morgan fingerprint density at radius 1 is 1.12 bits per heavy atom. The van der Waals surface area contributed by atoms with Gasteiger partial charge in [-0.15, -0.1) is 0 Å². The van der Waals surface area contributed by atoms with Crippen molar-refractivity contribution in [3.63, 3.8) is 0 Å². The van der Waals surface area contributed by atoms with Crippen LogP contribution in [0.15, 0.2) is 41.4 Å². The van der Waals surface area contributed by atoms with E-state index in [0.29, 0.717) is 31.3 Å². The van der Waals surface area contributed by atoms with Crippen LogP contribution in [0.4, 0.5) is 11.4 Å². The van der Waals surface area contributed by atoms with Crippen LogP contribution in [0.1, 0.15) is 42.0 Å². The number of nitrogens with one attached hydrogen (secondary N) is 1. The van der Waals surface area contributed by atoms with Crippen LogP contribution in [0, 0.1) is 27.7 Å². The summed E-state index contributed by atoms with van der Waals surface area (Å²) < 4.78 is 5.45. The van der Waals surface area contributed by atoms with Crippen LogP contribution in [0.5, 0.6) is 0 Å². The molecule has 1 aliphatic heterocycles. The van der Waals surface area contributed by atoms with Crippen molar-refractivity contribution in [3.05, 3.63) is 58.7 Å². The zero-order valence-electron chi connectivity index (χ0n) is 20.1. The van der Waals surface area contributed by atoms with Gasteiger partial charge in [0.2, 0.25) is 11.8 Å². The van der Waals surface area contributed by atoms with Gasteiger partial charge in [-0.2, -0.15) is 0 Å². The van der Waals surface area contributed by atoms with Crippen LogP contribution in [-0.2, 0) is 14.3 Å². The third-order valence-corrected chi connectivity index (χ3v) is 6.77. The van der Waals surface area contributed by atoms with Crippen molar-refractivity contribution in [3.8, 4) is 0 Å². The number of ether oxygens (including phenoxy) is 1. The molecule has 0 aromatic heterocycles. The number of hydrogen-bond acceptors (Lipinski definition) is 5. The molecule has 1 unspecified atom stereocenters. The molecular weight excluding hydrogens is 434 g/mol. The number of benzene rings is 2. The van der Waals surface area contributed by atoms with Crippen LogP contribution in [0.3, 0.4) is 0 Å². The van der Waals surface area contributed by atoms with Crippen molar-refractivity contribution in [1.29, 1.82) is 0 Å². The van der Waals surface area contributed by atoms with E-state index in [-0.39, 0.29) is 18.2 Å². The Labute approximate surface area is 200 Å². The van der Waals surface area contributed by atoms with Crippen molar-refractivity contribution >= 4 is 40.1 Å². The molecule has 0 aliphatic carbocycles. The van der Waals surface area contributed by atoms with E-state index in [9.17, 15) is 9.59 Å². The normalized spacial score (nSPS) is 17.1. The molecule has 1 fully saturated rings. The van der Waals surface area contributed by atoms with Crippen molar-refractivity contribution in [2.75, 3.05) is 25.1 Å². The number of amidine groups is 1. The van der Waals surface area contributed by atoms with Gasteiger partial charge < -0.3 is 10.1 Å². The Morgan fingerprint density at radius 2 is 1.85 bits per heavy atom. The summed E-state index contributed by atoms with van der Waals surface area (Å²) in [5.74, 6) is -0.238. The first-order chi connectivity index (χ1) is 15.8. The molecule has 7 heteroatoms. The molecule has 6 nitrogen and oxygen atoms in total. The van der Waals surface area contributed by atoms with Crippen molar-refractivity contribution in [2.45, 2.75) is 52.7 Å². The Morgan fingerprint density at radius 3 is 2.55 bits per heavy atom. The van der Waals surface area contributed by atoms with E-state index in [0.717, 1.165) is 33.6 Å². The van der Waals surface area contributed by atoms with E-state index in [1.54, 1.807) is 4.90 Å². The van der Waals surface area contributed by atoms with Crippen LogP contribution in [-0.4, -0.2) is 46.9 Å². The minimum absolute atomic E-state index is 0.0720. The molecule has 3 rings (SSSR count). The summed E-state index contributed by atoms with van der Waals surface area (Å²) in [6.45, 7) is 11.7. The quantitative estimate of drug-likeness (QED) is 0.508. The Kier molecular flexibility index (Phi) is 8.69. The average Bonchev–Trinajstić information content (AvgIpc) is 3.05. The smallest absolute Gasteiger partial charge is 0.242 e. The molecule has 1 atom stereocenters. The number of carbonyl (C=O) groups is 2. The highest BCUT2D eigenvalue weighted by atomic mass is 32.2. The molecule has 1 saturated heterocycles.